The lowest BCUT2D eigenvalue weighted by atomic mass is 10.2. The van der Waals surface area contributed by atoms with E-state index in [9.17, 15) is 9.59 Å². The van der Waals surface area contributed by atoms with E-state index < -0.39 is 5.63 Å². The average molecular weight is 378 g/mol. The molecule has 6 nitrogen and oxygen atoms in total. The number of carbonyl (C=O) groups is 1. The molecule has 1 saturated heterocycles. The molecule has 1 aliphatic rings. The van der Waals surface area contributed by atoms with Crippen molar-refractivity contribution in [2.75, 3.05) is 25.0 Å². The van der Waals surface area contributed by atoms with E-state index in [1.54, 1.807) is 24.3 Å². The summed E-state index contributed by atoms with van der Waals surface area (Å²) < 4.78 is 10.7. The molecule has 0 unspecified atom stereocenters. The fourth-order valence-electron chi connectivity index (χ4n) is 3.42. The van der Waals surface area contributed by atoms with Gasteiger partial charge in [0.1, 0.15) is 11.3 Å². The van der Waals surface area contributed by atoms with Crippen LogP contribution in [0.2, 0.25) is 0 Å². The number of nitrogens with one attached hydrogen (secondary N) is 1. The minimum Gasteiger partial charge on any atom is -0.484 e. The molecular weight excluding hydrogens is 356 g/mol. The molecule has 6 heteroatoms. The van der Waals surface area contributed by atoms with Crippen LogP contribution in [0.25, 0.3) is 11.0 Å². The second-order valence-electron chi connectivity index (χ2n) is 6.97. The highest BCUT2D eigenvalue weighted by molar-refractivity contribution is 5.92. The van der Waals surface area contributed by atoms with Crippen molar-refractivity contribution >= 4 is 22.6 Å². The van der Waals surface area contributed by atoms with Crippen LogP contribution in [0, 0.1) is 0 Å². The molecule has 2 heterocycles. The van der Waals surface area contributed by atoms with Gasteiger partial charge in [-0.2, -0.15) is 0 Å². The molecule has 1 fully saturated rings. The topological polar surface area (TPSA) is 71.8 Å². The van der Waals surface area contributed by atoms with E-state index in [-0.39, 0.29) is 12.5 Å². The second kappa shape index (κ2) is 8.27. The molecule has 3 aromatic rings. The third-order valence-corrected chi connectivity index (χ3v) is 4.78. The van der Waals surface area contributed by atoms with Crippen molar-refractivity contribution in [3.8, 4) is 5.75 Å². The quantitative estimate of drug-likeness (QED) is 0.666. The first-order valence-corrected chi connectivity index (χ1v) is 9.44. The molecule has 0 radical (unpaired) electrons. The van der Waals surface area contributed by atoms with Gasteiger partial charge in [-0.05, 0) is 61.8 Å². The maximum atomic E-state index is 12.2. The normalized spacial score (nSPS) is 14.3. The lowest BCUT2D eigenvalue weighted by molar-refractivity contribution is -0.118. The molecule has 1 aliphatic heterocycles. The fourth-order valence-corrected chi connectivity index (χ4v) is 3.42. The SMILES string of the molecule is O=C(COc1ccc2ccc(=O)oc2c1)Nc1cccc(CN2CCCC2)c1. The standard InChI is InChI=1S/C22H22N2O4/c25-21(15-27-19-8-6-17-7-9-22(26)28-20(17)13-19)23-18-5-3-4-16(12-18)14-24-10-1-2-11-24/h3-9,12-13H,1-2,10-11,14-15H2,(H,23,25). The first-order valence-electron chi connectivity index (χ1n) is 9.44. The maximum absolute atomic E-state index is 12.2. The molecule has 0 atom stereocenters. The van der Waals surface area contributed by atoms with Crippen molar-refractivity contribution in [3.05, 3.63) is 70.6 Å². The van der Waals surface area contributed by atoms with Crippen LogP contribution in [0.3, 0.4) is 0 Å². The molecule has 0 bridgehead atoms. The maximum Gasteiger partial charge on any atom is 0.336 e. The van der Waals surface area contributed by atoms with Gasteiger partial charge in [0.15, 0.2) is 6.61 Å². The number of nitrogens with zero attached hydrogens (tertiary/aromatic N) is 1. The molecule has 4 rings (SSSR count). The summed E-state index contributed by atoms with van der Waals surface area (Å²) >= 11 is 0. The highest BCUT2D eigenvalue weighted by Crippen LogP contribution is 2.20. The Labute approximate surface area is 162 Å². The Hall–Kier alpha value is -3.12. The van der Waals surface area contributed by atoms with Crippen LogP contribution in [0.4, 0.5) is 5.69 Å². The molecular formula is C22H22N2O4. The summed E-state index contributed by atoms with van der Waals surface area (Å²) in [7, 11) is 0. The Kier molecular flexibility index (Phi) is 5.39. The van der Waals surface area contributed by atoms with Crippen molar-refractivity contribution in [3.63, 3.8) is 0 Å². The van der Waals surface area contributed by atoms with Crippen molar-refractivity contribution < 1.29 is 13.9 Å². The third kappa shape index (κ3) is 4.58. The molecule has 1 N–H and O–H groups in total. The Morgan fingerprint density at radius 1 is 1.07 bits per heavy atom. The van der Waals surface area contributed by atoms with Crippen LogP contribution in [0.5, 0.6) is 5.75 Å². The highest BCUT2D eigenvalue weighted by Gasteiger charge is 2.12. The Balaban J connectivity index is 1.34. The van der Waals surface area contributed by atoms with Gasteiger partial charge in [0.25, 0.3) is 5.91 Å². The smallest absolute Gasteiger partial charge is 0.336 e. The van der Waals surface area contributed by atoms with Gasteiger partial charge in [-0.15, -0.1) is 0 Å². The number of likely N-dealkylation sites (tertiary alicyclic amines) is 1. The molecule has 144 valence electrons. The van der Waals surface area contributed by atoms with Crippen LogP contribution >= 0.6 is 0 Å². The summed E-state index contributed by atoms with van der Waals surface area (Å²) in [5.74, 6) is 0.229. The number of hydrogen-bond donors (Lipinski definition) is 1. The van der Waals surface area contributed by atoms with E-state index in [4.69, 9.17) is 9.15 Å². The van der Waals surface area contributed by atoms with Gasteiger partial charge in [0.05, 0.1) is 0 Å². The van der Waals surface area contributed by atoms with Crippen molar-refractivity contribution in [1.82, 2.24) is 4.90 Å². The van der Waals surface area contributed by atoms with Crippen LogP contribution < -0.4 is 15.7 Å². The van der Waals surface area contributed by atoms with Gasteiger partial charge in [-0.25, -0.2) is 4.79 Å². The predicted molar refractivity (Wildman–Crippen MR) is 108 cm³/mol. The van der Waals surface area contributed by atoms with Crippen molar-refractivity contribution in [1.29, 1.82) is 0 Å². The first kappa shape index (κ1) is 18.3. The monoisotopic (exact) mass is 378 g/mol. The van der Waals surface area contributed by atoms with Crippen LogP contribution in [0.15, 0.2) is 63.8 Å². The minimum atomic E-state index is -0.420. The molecule has 1 amide bonds. The summed E-state index contributed by atoms with van der Waals surface area (Å²) in [5, 5.41) is 3.67. The summed E-state index contributed by atoms with van der Waals surface area (Å²) in [6.45, 7) is 3.05. The van der Waals surface area contributed by atoms with Gasteiger partial charge in [-0.3, -0.25) is 9.69 Å². The van der Waals surface area contributed by atoms with Crippen LogP contribution in [-0.2, 0) is 11.3 Å². The van der Waals surface area contributed by atoms with E-state index in [0.717, 1.165) is 30.7 Å². The molecule has 0 saturated carbocycles. The van der Waals surface area contributed by atoms with E-state index >= 15 is 0 Å². The van der Waals surface area contributed by atoms with Crippen LogP contribution in [0.1, 0.15) is 18.4 Å². The average Bonchev–Trinajstić information content (AvgIpc) is 3.19. The molecule has 0 aliphatic carbocycles. The van der Waals surface area contributed by atoms with Crippen LogP contribution in [-0.4, -0.2) is 30.5 Å². The number of rotatable bonds is 6. The predicted octanol–water partition coefficient (Wildman–Crippen LogP) is 3.41. The minimum absolute atomic E-state index is 0.126. The van der Waals surface area contributed by atoms with Crippen molar-refractivity contribution in [2.24, 2.45) is 0 Å². The van der Waals surface area contributed by atoms with E-state index in [2.05, 4.69) is 16.3 Å². The number of carbonyl (C=O) groups excluding carboxylic acids is 1. The molecule has 2 aromatic carbocycles. The van der Waals surface area contributed by atoms with Gasteiger partial charge in [0, 0.05) is 29.8 Å². The number of hydrogen-bond acceptors (Lipinski definition) is 5. The highest BCUT2D eigenvalue weighted by atomic mass is 16.5. The zero-order chi connectivity index (χ0) is 19.3. The number of ether oxygens (including phenoxy) is 1. The fraction of sp³-hybridized carbons (Fsp3) is 0.273. The summed E-state index contributed by atoms with van der Waals surface area (Å²) in [6, 6.07) is 16.1. The second-order valence-corrected chi connectivity index (χ2v) is 6.97. The molecule has 1 aromatic heterocycles. The van der Waals surface area contributed by atoms with E-state index in [1.807, 2.05) is 18.2 Å². The third-order valence-electron chi connectivity index (χ3n) is 4.78. The summed E-state index contributed by atoms with van der Waals surface area (Å²) in [6.07, 6.45) is 2.51. The number of fused-ring (bicyclic) bond motifs is 1. The van der Waals surface area contributed by atoms with Gasteiger partial charge in [0.2, 0.25) is 0 Å². The Bertz CT molecular complexity index is 1040. The zero-order valence-electron chi connectivity index (χ0n) is 15.5. The van der Waals surface area contributed by atoms with Crippen molar-refractivity contribution in [2.45, 2.75) is 19.4 Å². The zero-order valence-corrected chi connectivity index (χ0v) is 15.5. The van der Waals surface area contributed by atoms with Gasteiger partial charge in [-0.1, -0.05) is 12.1 Å². The lowest BCUT2D eigenvalue weighted by Gasteiger charge is -2.15. The first-order chi connectivity index (χ1) is 13.7. The summed E-state index contributed by atoms with van der Waals surface area (Å²) in [5.41, 5.74) is 1.95. The largest absolute Gasteiger partial charge is 0.484 e. The van der Waals surface area contributed by atoms with Gasteiger partial charge < -0.3 is 14.5 Å². The van der Waals surface area contributed by atoms with E-state index in [0.29, 0.717) is 11.3 Å². The van der Waals surface area contributed by atoms with E-state index in [1.165, 1.54) is 24.5 Å². The number of anilines is 1. The molecule has 28 heavy (non-hydrogen) atoms. The Morgan fingerprint density at radius 3 is 2.75 bits per heavy atom. The molecule has 0 spiro atoms. The summed E-state index contributed by atoms with van der Waals surface area (Å²) in [4.78, 5) is 26.0. The van der Waals surface area contributed by atoms with Gasteiger partial charge >= 0.3 is 5.63 Å². The number of amides is 1. The lowest BCUT2D eigenvalue weighted by Crippen LogP contribution is -2.21. The number of benzene rings is 2. The Morgan fingerprint density at radius 2 is 1.89 bits per heavy atom.